The summed E-state index contributed by atoms with van der Waals surface area (Å²) in [5, 5.41) is 1.12. The highest BCUT2D eigenvalue weighted by molar-refractivity contribution is 5.91. The highest BCUT2D eigenvalue weighted by atomic mass is 16.5. The molecule has 0 N–H and O–H groups in total. The summed E-state index contributed by atoms with van der Waals surface area (Å²) in [5.74, 6) is 1.02. The number of aromatic nitrogens is 2. The Morgan fingerprint density at radius 2 is 2.10 bits per heavy atom. The van der Waals surface area contributed by atoms with Gasteiger partial charge >= 0.3 is 0 Å². The van der Waals surface area contributed by atoms with Gasteiger partial charge in [-0.3, -0.25) is 0 Å². The van der Waals surface area contributed by atoms with Crippen molar-refractivity contribution in [3.8, 4) is 0 Å². The number of nitrogens with zero attached hydrogens (tertiary/aromatic N) is 3. The Morgan fingerprint density at radius 3 is 2.90 bits per heavy atom. The van der Waals surface area contributed by atoms with E-state index in [0.717, 1.165) is 29.9 Å². The van der Waals surface area contributed by atoms with Crippen LogP contribution in [0.2, 0.25) is 0 Å². The minimum atomic E-state index is -0.167. The van der Waals surface area contributed by atoms with E-state index in [4.69, 9.17) is 4.74 Å². The van der Waals surface area contributed by atoms with Crippen molar-refractivity contribution < 1.29 is 4.74 Å². The second-order valence-corrected chi connectivity index (χ2v) is 5.99. The van der Waals surface area contributed by atoms with E-state index in [1.165, 1.54) is 5.56 Å². The number of rotatable bonds is 1. The third-order valence-electron chi connectivity index (χ3n) is 4.40. The number of ether oxygens (including phenoxy) is 1. The van der Waals surface area contributed by atoms with Crippen molar-refractivity contribution in [3.63, 3.8) is 0 Å². The van der Waals surface area contributed by atoms with E-state index in [1.54, 1.807) is 6.33 Å². The monoisotopic (exact) mass is 271 g/mol. The SMILES string of the molecule is Cc1cccc2c(N3CCOC(C)(C)[C@H]3C)ncnc12. The maximum absolute atomic E-state index is 5.88. The van der Waals surface area contributed by atoms with Crippen molar-refractivity contribution in [2.75, 3.05) is 18.1 Å². The molecule has 0 radical (unpaired) electrons. The van der Waals surface area contributed by atoms with E-state index in [2.05, 4.69) is 60.8 Å². The Hall–Kier alpha value is -1.68. The Kier molecular flexibility index (Phi) is 3.13. The fraction of sp³-hybridized carbons (Fsp3) is 0.500. The van der Waals surface area contributed by atoms with Gasteiger partial charge in [0.15, 0.2) is 0 Å². The number of anilines is 1. The minimum Gasteiger partial charge on any atom is -0.372 e. The van der Waals surface area contributed by atoms with Crippen LogP contribution in [0.4, 0.5) is 5.82 Å². The zero-order valence-electron chi connectivity index (χ0n) is 12.6. The van der Waals surface area contributed by atoms with Gasteiger partial charge in [-0.15, -0.1) is 0 Å². The van der Waals surface area contributed by atoms with Gasteiger partial charge in [0.05, 0.1) is 23.8 Å². The molecule has 0 aliphatic carbocycles. The summed E-state index contributed by atoms with van der Waals surface area (Å²) >= 11 is 0. The molecular weight excluding hydrogens is 250 g/mol. The zero-order valence-corrected chi connectivity index (χ0v) is 12.6. The third-order valence-corrected chi connectivity index (χ3v) is 4.40. The number of aryl methyl sites for hydroxylation is 1. The number of hydrogen-bond acceptors (Lipinski definition) is 4. The van der Waals surface area contributed by atoms with Crippen LogP contribution >= 0.6 is 0 Å². The first-order chi connectivity index (χ1) is 9.50. The molecular formula is C16H21N3O. The summed E-state index contributed by atoms with van der Waals surface area (Å²) in [5.41, 5.74) is 2.06. The van der Waals surface area contributed by atoms with Gasteiger partial charge in [-0.05, 0) is 39.3 Å². The van der Waals surface area contributed by atoms with Crippen molar-refractivity contribution >= 4 is 16.7 Å². The van der Waals surface area contributed by atoms with E-state index in [-0.39, 0.29) is 11.6 Å². The molecule has 1 atom stereocenters. The standard InChI is InChI=1S/C16H21N3O/c1-11-6-5-7-13-14(11)17-10-18-15(13)19-8-9-20-16(3,4)12(19)2/h5-7,10,12H,8-9H2,1-4H3/t12-/m1/s1. The lowest BCUT2D eigenvalue weighted by Gasteiger charge is -2.45. The first kappa shape index (κ1) is 13.3. The molecule has 0 saturated carbocycles. The average Bonchev–Trinajstić information content (AvgIpc) is 2.42. The lowest BCUT2D eigenvalue weighted by atomic mass is 9.96. The molecule has 1 saturated heterocycles. The maximum Gasteiger partial charge on any atom is 0.140 e. The zero-order chi connectivity index (χ0) is 14.3. The molecule has 1 aliphatic heterocycles. The number of benzene rings is 1. The predicted molar refractivity (Wildman–Crippen MR) is 81.1 cm³/mol. The van der Waals surface area contributed by atoms with Gasteiger partial charge in [-0.25, -0.2) is 9.97 Å². The molecule has 106 valence electrons. The lowest BCUT2D eigenvalue weighted by molar-refractivity contribution is -0.0530. The average molecular weight is 271 g/mol. The molecule has 4 nitrogen and oxygen atoms in total. The van der Waals surface area contributed by atoms with E-state index in [9.17, 15) is 0 Å². The fourth-order valence-corrected chi connectivity index (χ4v) is 2.84. The molecule has 1 aromatic heterocycles. The van der Waals surface area contributed by atoms with Crippen molar-refractivity contribution in [1.29, 1.82) is 0 Å². The smallest absolute Gasteiger partial charge is 0.140 e. The molecule has 1 aliphatic rings. The third kappa shape index (κ3) is 2.04. The minimum absolute atomic E-state index is 0.167. The summed E-state index contributed by atoms with van der Waals surface area (Å²) in [6.45, 7) is 10.2. The molecule has 2 heterocycles. The summed E-state index contributed by atoms with van der Waals surface area (Å²) < 4.78 is 5.88. The number of morpholine rings is 1. The number of para-hydroxylation sites is 1. The van der Waals surface area contributed by atoms with Crippen LogP contribution in [0.1, 0.15) is 26.3 Å². The van der Waals surface area contributed by atoms with Crippen molar-refractivity contribution in [2.45, 2.75) is 39.3 Å². The van der Waals surface area contributed by atoms with Gasteiger partial charge in [0.2, 0.25) is 0 Å². The van der Waals surface area contributed by atoms with E-state index < -0.39 is 0 Å². The molecule has 0 amide bonds. The van der Waals surface area contributed by atoms with Gasteiger partial charge in [0.25, 0.3) is 0 Å². The normalized spacial score (nSPS) is 22.2. The molecule has 0 spiro atoms. The second-order valence-electron chi connectivity index (χ2n) is 5.99. The maximum atomic E-state index is 5.88. The van der Waals surface area contributed by atoms with Crippen LogP contribution in [-0.2, 0) is 4.74 Å². The Morgan fingerprint density at radius 1 is 1.30 bits per heavy atom. The lowest BCUT2D eigenvalue weighted by Crippen LogP contribution is -2.55. The topological polar surface area (TPSA) is 38.2 Å². The van der Waals surface area contributed by atoms with Gasteiger partial charge < -0.3 is 9.64 Å². The number of fused-ring (bicyclic) bond motifs is 1. The highest BCUT2D eigenvalue weighted by Gasteiger charge is 2.36. The summed E-state index contributed by atoms with van der Waals surface area (Å²) in [6, 6.07) is 6.54. The quantitative estimate of drug-likeness (QED) is 0.799. The van der Waals surface area contributed by atoms with Crippen LogP contribution in [0.3, 0.4) is 0 Å². The first-order valence-electron chi connectivity index (χ1n) is 7.11. The second kappa shape index (κ2) is 4.70. The summed E-state index contributed by atoms with van der Waals surface area (Å²) in [4.78, 5) is 11.3. The Labute approximate surface area is 119 Å². The van der Waals surface area contributed by atoms with Crippen LogP contribution < -0.4 is 4.90 Å². The molecule has 2 aromatic rings. The van der Waals surface area contributed by atoms with Crippen LogP contribution in [0, 0.1) is 6.92 Å². The fourth-order valence-electron chi connectivity index (χ4n) is 2.84. The van der Waals surface area contributed by atoms with E-state index in [1.807, 2.05) is 0 Å². The molecule has 1 aromatic carbocycles. The van der Waals surface area contributed by atoms with Crippen molar-refractivity contribution in [3.05, 3.63) is 30.1 Å². The largest absolute Gasteiger partial charge is 0.372 e. The van der Waals surface area contributed by atoms with Crippen LogP contribution in [0.25, 0.3) is 10.9 Å². The van der Waals surface area contributed by atoms with Gasteiger partial charge in [0.1, 0.15) is 12.1 Å². The number of hydrogen-bond donors (Lipinski definition) is 0. The van der Waals surface area contributed by atoms with Crippen molar-refractivity contribution in [2.24, 2.45) is 0 Å². The molecule has 20 heavy (non-hydrogen) atoms. The van der Waals surface area contributed by atoms with Gasteiger partial charge in [-0.2, -0.15) is 0 Å². The highest BCUT2D eigenvalue weighted by Crippen LogP contribution is 2.32. The van der Waals surface area contributed by atoms with Crippen LogP contribution in [-0.4, -0.2) is 34.8 Å². The molecule has 0 bridgehead atoms. The Balaban J connectivity index is 2.13. The molecule has 3 rings (SSSR count). The van der Waals surface area contributed by atoms with Crippen molar-refractivity contribution in [1.82, 2.24) is 9.97 Å². The van der Waals surface area contributed by atoms with Gasteiger partial charge in [0, 0.05) is 11.9 Å². The van der Waals surface area contributed by atoms with Crippen LogP contribution in [0.15, 0.2) is 24.5 Å². The summed E-state index contributed by atoms with van der Waals surface area (Å²) in [7, 11) is 0. The molecule has 0 unspecified atom stereocenters. The molecule has 4 heteroatoms. The van der Waals surface area contributed by atoms with E-state index >= 15 is 0 Å². The Bertz CT molecular complexity index is 639. The van der Waals surface area contributed by atoms with Gasteiger partial charge in [-0.1, -0.05) is 12.1 Å². The van der Waals surface area contributed by atoms with E-state index in [0.29, 0.717) is 0 Å². The van der Waals surface area contributed by atoms with Crippen LogP contribution in [0.5, 0.6) is 0 Å². The predicted octanol–water partition coefficient (Wildman–Crippen LogP) is 2.94. The summed E-state index contributed by atoms with van der Waals surface area (Å²) in [6.07, 6.45) is 1.67. The first-order valence-corrected chi connectivity index (χ1v) is 7.11. The molecule has 1 fully saturated rings.